The van der Waals surface area contributed by atoms with Crippen LogP contribution in [0.25, 0.3) is 5.82 Å². The van der Waals surface area contributed by atoms with Crippen LogP contribution in [0.4, 0.5) is 13.2 Å². The summed E-state index contributed by atoms with van der Waals surface area (Å²) in [6.45, 7) is 2.62. The summed E-state index contributed by atoms with van der Waals surface area (Å²) in [6.07, 6.45) is -3.86. The highest BCUT2D eigenvalue weighted by atomic mass is 32.1. The summed E-state index contributed by atoms with van der Waals surface area (Å²) in [4.78, 5) is 17.8. The van der Waals surface area contributed by atoms with Crippen LogP contribution in [0.1, 0.15) is 20.9 Å². The molecule has 0 aromatic carbocycles. The molecule has 0 spiro atoms. The SMILES string of the molecule is COc1ccc(-n2ncc(C(=O)N3CCN(Cc4cccs4)CC3)c2C(F)(F)F)nn1. The molecular formula is C19H19F3N6O2S. The Morgan fingerprint density at radius 1 is 1.16 bits per heavy atom. The fourth-order valence-corrected chi connectivity index (χ4v) is 4.13. The minimum Gasteiger partial charge on any atom is -0.480 e. The molecule has 0 radical (unpaired) electrons. The van der Waals surface area contributed by atoms with Crippen molar-refractivity contribution in [2.24, 2.45) is 0 Å². The highest BCUT2D eigenvalue weighted by Crippen LogP contribution is 2.34. The van der Waals surface area contributed by atoms with Crippen LogP contribution in [0.3, 0.4) is 0 Å². The molecule has 1 aliphatic rings. The number of halogens is 3. The first kappa shape index (κ1) is 21.2. The summed E-state index contributed by atoms with van der Waals surface area (Å²) < 4.78 is 47.1. The normalized spacial score (nSPS) is 15.3. The van der Waals surface area contributed by atoms with Gasteiger partial charge in [-0.1, -0.05) is 6.07 Å². The third-order valence-corrected chi connectivity index (χ3v) is 5.80. The molecule has 3 aromatic rings. The van der Waals surface area contributed by atoms with E-state index < -0.39 is 23.3 Å². The van der Waals surface area contributed by atoms with Crippen LogP contribution in [0.2, 0.25) is 0 Å². The van der Waals surface area contributed by atoms with Gasteiger partial charge >= 0.3 is 6.18 Å². The van der Waals surface area contributed by atoms with E-state index in [1.165, 1.54) is 29.0 Å². The average Bonchev–Trinajstić information content (AvgIpc) is 3.43. The molecule has 8 nitrogen and oxygen atoms in total. The van der Waals surface area contributed by atoms with Gasteiger partial charge in [0.2, 0.25) is 5.88 Å². The molecule has 1 amide bonds. The van der Waals surface area contributed by atoms with Gasteiger partial charge in [-0.05, 0) is 17.5 Å². The minimum atomic E-state index is -4.80. The maximum Gasteiger partial charge on any atom is 0.434 e. The number of piperazine rings is 1. The van der Waals surface area contributed by atoms with Crippen LogP contribution < -0.4 is 4.74 Å². The van der Waals surface area contributed by atoms with Crippen LogP contribution in [0.5, 0.6) is 5.88 Å². The molecule has 12 heteroatoms. The minimum absolute atomic E-state index is 0.154. The lowest BCUT2D eigenvalue weighted by atomic mass is 10.2. The van der Waals surface area contributed by atoms with Crippen LogP contribution in [-0.4, -0.2) is 69.0 Å². The van der Waals surface area contributed by atoms with Gasteiger partial charge in [0.15, 0.2) is 11.5 Å². The first-order chi connectivity index (χ1) is 14.9. The lowest BCUT2D eigenvalue weighted by Crippen LogP contribution is -2.48. The number of alkyl halides is 3. The van der Waals surface area contributed by atoms with Crippen LogP contribution in [-0.2, 0) is 12.7 Å². The van der Waals surface area contributed by atoms with E-state index in [9.17, 15) is 18.0 Å². The predicted octanol–water partition coefficient (Wildman–Crippen LogP) is 2.71. The Morgan fingerprint density at radius 3 is 2.52 bits per heavy atom. The second kappa shape index (κ2) is 8.63. The lowest BCUT2D eigenvalue weighted by Gasteiger charge is -2.34. The van der Waals surface area contributed by atoms with Crippen molar-refractivity contribution in [3.8, 4) is 11.7 Å². The highest BCUT2D eigenvalue weighted by molar-refractivity contribution is 7.09. The Labute approximate surface area is 179 Å². The van der Waals surface area contributed by atoms with Crippen molar-refractivity contribution in [2.75, 3.05) is 33.3 Å². The molecule has 0 unspecified atom stereocenters. The number of thiophene rings is 1. The molecule has 1 fully saturated rings. The van der Waals surface area contributed by atoms with Crippen molar-refractivity contribution in [1.29, 1.82) is 0 Å². The van der Waals surface area contributed by atoms with E-state index in [0.29, 0.717) is 30.9 Å². The van der Waals surface area contributed by atoms with E-state index >= 15 is 0 Å². The standard InChI is InChI=1S/C19H19F3N6O2S/c1-30-16-5-4-15(24-25-16)28-17(19(20,21)22)14(11-23-28)18(29)27-8-6-26(7-9-27)12-13-3-2-10-31-13/h2-5,10-11H,6-9,12H2,1H3. The number of carbonyl (C=O) groups excluding carboxylic acids is 1. The number of rotatable bonds is 5. The van der Waals surface area contributed by atoms with Crippen LogP contribution in [0.15, 0.2) is 35.8 Å². The van der Waals surface area contributed by atoms with Crippen LogP contribution in [0, 0.1) is 0 Å². The fourth-order valence-electron chi connectivity index (χ4n) is 3.39. The zero-order valence-electron chi connectivity index (χ0n) is 16.5. The van der Waals surface area contributed by atoms with Crippen molar-refractivity contribution in [1.82, 2.24) is 29.8 Å². The molecule has 0 bridgehead atoms. The zero-order chi connectivity index (χ0) is 22.0. The van der Waals surface area contributed by atoms with Gasteiger partial charge in [-0.15, -0.1) is 21.5 Å². The Hall–Kier alpha value is -2.99. The number of hydrogen-bond acceptors (Lipinski definition) is 7. The summed E-state index contributed by atoms with van der Waals surface area (Å²) in [5, 5.41) is 13.2. The van der Waals surface area contributed by atoms with Gasteiger partial charge in [0, 0.05) is 43.7 Å². The molecule has 0 aliphatic carbocycles. The van der Waals surface area contributed by atoms with Crippen molar-refractivity contribution in [3.63, 3.8) is 0 Å². The second-order valence-electron chi connectivity index (χ2n) is 6.90. The highest BCUT2D eigenvalue weighted by Gasteiger charge is 2.42. The third kappa shape index (κ3) is 4.54. The molecule has 0 saturated carbocycles. The average molecular weight is 452 g/mol. The maximum absolute atomic E-state index is 13.9. The van der Waals surface area contributed by atoms with E-state index in [-0.39, 0.29) is 11.7 Å². The summed E-state index contributed by atoms with van der Waals surface area (Å²) >= 11 is 1.65. The van der Waals surface area contributed by atoms with Crippen molar-refractivity contribution in [2.45, 2.75) is 12.7 Å². The summed E-state index contributed by atoms with van der Waals surface area (Å²) in [7, 11) is 1.37. The molecule has 31 heavy (non-hydrogen) atoms. The topological polar surface area (TPSA) is 76.4 Å². The maximum atomic E-state index is 13.9. The van der Waals surface area contributed by atoms with Crippen molar-refractivity contribution < 1.29 is 22.7 Å². The quantitative estimate of drug-likeness (QED) is 0.593. The van der Waals surface area contributed by atoms with Gasteiger partial charge in [0.1, 0.15) is 0 Å². The van der Waals surface area contributed by atoms with E-state index in [4.69, 9.17) is 4.74 Å². The molecule has 1 aliphatic heterocycles. The third-order valence-electron chi connectivity index (χ3n) is 4.94. The van der Waals surface area contributed by atoms with Gasteiger partial charge in [0.25, 0.3) is 5.91 Å². The Morgan fingerprint density at radius 2 is 1.94 bits per heavy atom. The Balaban J connectivity index is 1.53. The first-order valence-corrected chi connectivity index (χ1v) is 10.3. The van der Waals surface area contributed by atoms with E-state index in [2.05, 4.69) is 20.2 Å². The number of nitrogens with zero attached hydrogens (tertiary/aromatic N) is 6. The molecule has 164 valence electrons. The molecule has 4 rings (SSSR count). The van der Waals surface area contributed by atoms with Gasteiger partial charge < -0.3 is 9.64 Å². The van der Waals surface area contributed by atoms with Crippen molar-refractivity contribution in [3.05, 3.63) is 52.0 Å². The molecule has 4 heterocycles. The number of hydrogen-bond donors (Lipinski definition) is 0. The number of ether oxygens (including phenoxy) is 1. The van der Waals surface area contributed by atoms with Gasteiger partial charge in [-0.25, -0.2) is 4.68 Å². The Bertz CT molecular complexity index is 1030. The summed E-state index contributed by atoms with van der Waals surface area (Å²) in [5.41, 5.74) is -1.67. The monoisotopic (exact) mass is 452 g/mol. The largest absolute Gasteiger partial charge is 0.480 e. The summed E-state index contributed by atoms with van der Waals surface area (Å²) in [5.74, 6) is -0.704. The second-order valence-corrected chi connectivity index (χ2v) is 7.93. The number of carbonyl (C=O) groups is 1. The van der Waals surface area contributed by atoms with E-state index in [1.54, 1.807) is 11.3 Å². The van der Waals surface area contributed by atoms with Gasteiger partial charge in [-0.3, -0.25) is 9.69 Å². The predicted molar refractivity (Wildman–Crippen MR) is 106 cm³/mol. The smallest absolute Gasteiger partial charge is 0.434 e. The van der Waals surface area contributed by atoms with Crippen molar-refractivity contribution >= 4 is 17.2 Å². The zero-order valence-corrected chi connectivity index (χ0v) is 17.4. The summed E-state index contributed by atoms with van der Waals surface area (Å²) in [6, 6.07) is 6.68. The van der Waals surface area contributed by atoms with Gasteiger partial charge in [-0.2, -0.15) is 18.3 Å². The van der Waals surface area contributed by atoms with E-state index in [0.717, 1.165) is 12.7 Å². The molecule has 1 saturated heterocycles. The first-order valence-electron chi connectivity index (χ1n) is 9.44. The molecule has 3 aromatic heterocycles. The molecule has 0 N–H and O–H groups in total. The van der Waals surface area contributed by atoms with Gasteiger partial charge in [0.05, 0.1) is 18.9 Å². The number of aromatic nitrogens is 4. The van der Waals surface area contributed by atoms with E-state index in [1.807, 2.05) is 17.5 Å². The van der Waals surface area contributed by atoms with Crippen LogP contribution >= 0.6 is 11.3 Å². The molecule has 0 atom stereocenters. The number of amides is 1. The molecular weight excluding hydrogens is 433 g/mol. The lowest BCUT2D eigenvalue weighted by molar-refractivity contribution is -0.143. The fraction of sp³-hybridized carbons (Fsp3) is 0.368. The number of methoxy groups -OCH3 is 1. The Kier molecular flexibility index (Phi) is 5.92.